The van der Waals surface area contributed by atoms with Crippen molar-refractivity contribution in [3.63, 3.8) is 0 Å². The van der Waals surface area contributed by atoms with E-state index in [1.807, 2.05) is 42.5 Å². The van der Waals surface area contributed by atoms with Crippen molar-refractivity contribution in [1.82, 2.24) is 30.4 Å². The smallest absolute Gasteiger partial charge is 0.0880 e. The van der Waals surface area contributed by atoms with Gasteiger partial charge in [0.1, 0.15) is 0 Å². The van der Waals surface area contributed by atoms with Gasteiger partial charge in [-0.15, -0.1) is 0 Å². The number of nitrogens with one attached hydrogen (secondary N) is 2. The molecule has 0 fully saturated rings. The van der Waals surface area contributed by atoms with Crippen LogP contribution >= 0.6 is 0 Å². The quantitative estimate of drug-likeness (QED) is 0.594. The number of nitrogens with zero attached hydrogens (tertiary/aromatic N) is 4. The Hall–Kier alpha value is -3.28. The van der Waals surface area contributed by atoms with E-state index >= 15 is 0 Å². The summed E-state index contributed by atoms with van der Waals surface area (Å²) in [6.07, 6.45) is 8.75. The van der Waals surface area contributed by atoms with Gasteiger partial charge < -0.3 is 0 Å². The van der Waals surface area contributed by atoms with E-state index in [0.717, 1.165) is 22.6 Å². The van der Waals surface area contributed by atoms with Crippen LogP contribution < -0.4 is 0 Å². The van der Waals surface area contributed by atoms with Gasteiger partial charge >= 0.3 is 0 Å². The van der Waals surface area contributed by atoms with Gasteiger partial charge in [-0.3, -0.25) is 20.2 Å². The molecule has 0 saturated carbocycles. The summed E-state index contributed by atoms with van der Waals surface area (Å²) in [6, 6.07) is 13.5. The van der Waals surface area contributed by atoms with Crippen LogP contribution in [0.1, 0.15) is 0 Å². The number of aromatic nitrogens is 6. The molecule has 108 valence electrons. The van der Waals surface area contributed by atoms with Gasteiger partial charge in [0, 0.05) is 36.5 Å². The van der Waals surface area contributed by atoms with Gasteiger partial charge in [-0.1, -0.05) is 6.07 Å². The molecule has 0 aliphatic rings. The average molecular weight is 290 g/mol. The highest BCUT2D eigenvalue weighted by molar-refractivity contribution is 5.56. The van der Waals surface area contributed by atoms with E-state index in [2.05, 4.69) is 30.4 Å². The van der Waals surface area contributed by atoms with Gasteiger partial charge in [-0.05, 0) is 36.4 Å². The second-order valence-corrected chi connectivity index (χ2v) is 4.40. The zero-order valence-corrected chi connectivity index (χ0v) is 11.7. The fourth-order valence-electron chi connectivity index (χ4n) is 1.86. The number of hydrogen-bond donors (Lipinski definition) is 2. The van der Waals surface area contributed by atoms with E-state index in [4.69, 9.17) is 0 Å². The lowest BCUT2D eigenvalue weighted by Crippen LogP contribution is -1.80. The monoisotopic (exact) mass is 290 g/mol. The van der Waals surface area contributed by atoms with Crippen LogP contribution in [0.15, 0.2) is 73.4 Å². The highest BCUT2D eigenvalue weighted by Crippen LogP contribution is 2.12. The number of rotatable bonds is 2. The maximum absolute atomic E-state index is 4.15. The lowest BCUT2D eigenvalue weighted by molar-refractivity contribution is 1.09. The van der Waals surface area contributed by atoms with Gasteiger partial charge in [0.15, 0.2) is 0 Å². The van der Waals surface area contributed by atoms with Crippen LogP contribution in [0.4, 0.5) is 0 Å². The highest BCUT2D eigenvalue weighted by atomic mass is 15.1. The molecule has 6 nitrogen and oxygen atoms in total. The Morgan fingerprint density at radius 1 is 0.682 bits per heavy atom. The summed E-state index contributed by atoms with van der Waals surface area (Å²) < 4.78 is 0. The topological polar surface area (TPSA) is 83.1 Å². The molecule has 2 N–H and O–H groups in total. The summed E-state index contributed by atoms with van der Waals surface area (Å²) in [7, 11) is 0. The second-order valence-electron chi connectivity index (χ2n) is 4.40. The van der Waals surface area contributed by atoms with Crippen molar-refractivity contribution in [2.75, 3.05) is 0 Å². The third-order valence-electron chi connectivity index (χ3n) is 2.91. The lowest BCUT2D eigenvalue weighted by Gasteiger charge is -1.92. The fraction of sp³-hybridized carbons (Fsp3) is 0. The van der Waals surface area contributed by atoms with Crippen LogP contribution in [0.3, 0.4) is 0 Å². The first-order valence-corrected chi connectivity index (χ1v) is 6.74. The summed E-state index contributed by atoms with van der Waals surface area (Å²) in [5.74, 6) is 0. The van der Waals surface area contributed by atoms with Crippen molar-refractivity contribution in [3.05, 3.63) is 73.4 Å². The molecule has 4 aromatic heterocycles. The Balaban J connectivity index is 0.000000131. The van der Waals surface area contributed by atoms with Crippen molar-refractivity contribution in [1.29, 1.82) is 0 Å². The predicted molar refractivity (Wildman–Crippen MR) is 83.6 cm³/mol. The van der Waals surface area contributed by atoms with Crippen LogP contribution in [0, 0.1) is 0 Å². The summed E-state index contributed by atoms with van der Waals surface area (Å²) >= 11 is 0. The molecule has 0 aliphatic heterocycles. The van der Waals surface area contributed by atoms with Crippen LogP contribution in [-0.4, -0.2) is 30.4 Å². The molecule has 0 aliphatic carbocycles. The minimum absolute atomic E-state index is 0.921. The largest absolute Gasteiger partial charge is 0.278 e. The molecule has 0 unspecified atom stereocenters. The van der Waals surface area contributed by atoms with Gasteiger partial charge in [0.05, 0.1) is 17.1 Å². The van der Waals surface area contributed by atoms with Crippen molar-refractivity contribution in [2.24, 2.45) is 0 Å². The van der Waals surface area contributed by atoms with Crippen LogP contribution in [-0.2, 0) is 0 Å². The molecule has 0 atom stereocenters. The zero-order chi connectivity index (χ0) is 15.0. The zero-order valence-electron chi connectivity index (χ0n) is 11.7. The standard InChI is InChI=1S/2C8H7N3/c1-2-7(6-9-4-1)8-3-5-10-11-8;1-2-5-9-7(3-1)8-4-6-10-11-8/h2*1-6H,(H,10,11). The first-order chi connectivity index (χ1) is 10.9. The molecule has 6 heteroatoms. The molecular weight excluding hydrogens is 276 g/mol. The molecule has 0 radical (unpaired) electrons. The molecule has 4 heterocycles. The van der Waals surface area contributed by atoms with Crippen LogP contribution in [0.2, 0.25) is 0 Å². The first kappa shape index (κ1) is 13.7. The minimum atomic E-state index is 0.921. The van der Waals surface area contributed by atoms with E-state index in [0.29, 0.717) is 0 Å². The summed E-state index contributed by atoms with van der Waals surface area (Å²) in [6.45, 7) is 0. The van der Waals surface area contributed by atoms with E-state index in [1.165, 1.54) is 0 Å². The Morgan fingerprint density at radius 3 is 2.09 bits per heavy atom. The van der Waals surface area contributed by atoms with Gasteiger partial charge in [-0.25, -0.2) is 0 Å². The Morgan fingerprint density at radius 2 is 1.50 bits per heavy atom. The second kappa shape index (κ2) is 6.94. The Kier molecular flexibility index (Phi) is 4.32. The van der Waals surface area contributed by atoms with E-state index < -0.39 is 0 Å². The molecule has 4 rings (SSSR count). The molecule has 4 aromatic rings. The molecule has 0 saturated heterocycles. The first-order valence-electron chi connectivity index (χ1n) is 6.74. The summed E-state index contributed by atoms with van der Waals surface area (Å²) in [5.41, 5.74) is 3.93. The number of H-pyrrole nitrogens is 2. The SMILES string of the molecule is c1ccc(-c2ccn[nH]2)nc1.c1cncc(-c2ccn[nH]2)c1. The molecule has 0 bridgehead atoms. The van der Waals surface area contributed by atoms with Crippen molar-refractivity contribution < 1.29 is 0 Å². The van der Waals surface area contributed by atoms with Crippen LogP contribution in [0.25, 0.3) is 22.6 Å². The lowest BCUT2D eigenvalue weighted by atomic mass is 10.2. The molecule has 0 spiro atoms. The predicted octanol–water partition coefficient (Wildman–Crippen LogP) is 2.94. The highest BCUT2D eigenvalue weighted by Gasteiger charge is 1.96. The maximum atomic E-state index is 4.15. The average Bonchev–Trinajstić information content (AvgIpc) is 3.31. The third-order valence-corrected chi connectivity index (χ3v) is 2.91. The molecule has 0 amide bonds. The van der Waals surface area contributed by atoms with Gasteiger partial charge in [0.25, 0.3) is 0 Å². The molecule has 22 heavy (non-hydrogen) atoms. The molecular formula is C16H14N6. The van der Waals surface area contributed by atoms with Crippen molar-refractivity contribution >= 4 is 0 Å². The minimum Gasteiger partial charge on any atom is -0.278 e. The maximum Gasteiger partial charge on any atom is 0.0880 e. The van der Waals surface area contributed by atoms with Gasteiger partial charge in [-0.2, -0.15) is 10.2 Å². The summed E-state index contributed by atoms with van der Waals surface area (Å²) in [4.78, 5) is 8.14. The van der Waals surface area contributed by atoms with E-state index in [-0.39, 0.29) is 0 Å². The van der Waals surface area contributed by atoms with Gasteiger partial charge in [0.2, 0.25) is 0 Å². The number of hydrogen-bond acceptors (Lipinski definition) is 4. The van der Waals surface area contributed by atoms with Crippen LogP contribution in [0.5, 0.6) is 0 Å². The molecule has 0 aromatic carbocycles. The Labute approximate surface area is 127 Å². The van der Waals surface area contributed by atoms with Crippen molar-refractivity contribution in [3.8, 4) is 22.6 Å². The van der Waals surface area contributed by atoms with E-state index in [1.54, 1.807) is 31.0 Å². The fourth-order valence-corrected chi connectivity index (χ4v) is 1.86. The van der Waals surface area contributed by atoms with E-state index in [9.17, 15) is 0 Å². The third kappa shape index (κ3) is 3.43. The number of aromatic amines is 2. The Bertz CT molecular complexity index is 694. The normalized spacial score (nSPS) is 9.82. The van der Waals surface area contributed by atoms with Crippen molar-refractivity contribution in [2.45, 2.75) is 0 Å². The number of pyridine rings is 2. The summed E-state index contributed by atoms with van der Waals surface area (Å²) in [5, 5.41) is 13.4.